The van der Waals surface area contributed by atoms with Crippen LogP contribution in [0.3, 0.4) is 0 Å². The predicted octanol–water partition coefficient (Wildman–Crippen LogP) is 6.14. The van der Waals surface area contributed by atoms with Crippen LogP contribution in [0, 0.1) is 5.82 Å². The minimum Gasteiger partial charge on any atom is -0.444 e. The van der Waals surface area contributed by atoms with Gasteiger partial charge < -0.3 is 19.4 Å². The highest BCUT2D eigenvalue weighted by Gasteiger charge is 2.25. The summed E-state index contributed by atoms with van der Waals surface area (Å²) in [7, 11) is -1.26. The molecule has 1 heterocycles. The molecule has 2 rings (SSSR count). The number of benzene rings is 1. The van der Waals surface area contributed by atoms with Crippen LogP contribution < -0.4 is 5.32 Å². The van der Waals surface area contributed by atoms with Crippen molar-refractivity contribution >= 4 is 14.2 Å². The van der Waals surface area contributed by atoms with E-state index in [4.69, 9.17) is 9.47 Å². The molecule has 1 aromatic heterocycles. The Morgan fingerprint density at radius 3 is 2.59 bits per heavy atom. The number of alkyl carbamates (subject to hydrolysis) is 1. The highest BCUT2D eigenvalue weighted by Crippen LogP contribution is 2.28. The lowest BCUT2D eigenvalue weighted by atomic mass is 10.1. The van der Waals surface area contributed by atoms with Gasteiger partial charge in [0, 0.05) is 20.2 Å². The van der Waals surface area contributed by atoms with E-state index in [0.29, 0.717) is 30.1 Å². The van der Waals surface area contributed by atoms with Crippen LogP contribution in [0.4, 0.5) is 9.18 Å². The maximum atomic E-state index is 14.6. The van der Waals surface area contributed by atoms with Gasteiger partial charge in [0.2, 0.25) is 0 Å². The molecule has 6 nitrogen and oxygen atoms in total. The Balaban J connectivity index is 2.37. The van der Waals surface area contributed by atoms with Crippen LogP contribution in [0.1, 0.15) is 39.1 Å². The zero-order chi connectivity index (χ0) is 23.9. The van der Waals surface area contributed by atoms with Crippen molar-refractivity contribution in [3.05, 3.63) is 54.8 Å². The number of hydrogen-bond acceptors (Lipinski definition) is 4. The van der Waals surface area contributed by atoms with Crippen molar-refractivity contribution in [3.63, 3.8) is 0 Å². The first-order chi connectivity index (χ1) is 14.9. The Morgan fingerprint density at radius 1 is 1.31 bits per heavy atom. The predicted molar refractivity (Wildman–Crippen MR) is 129 cm³/mol. The van der Waals surface area contributed by atoms with Crippen LogP contribution >= 0.6 is 0 Å². The normalized spacial score (nSPS) is 13.0. The number of ether oxygens (including phenoxy) is 2. The second-order valence-electron chi connectivity index (χ2n) is 9.98. The van der Waals surface area contributed by atoms with Gasteiger partial charge in [-0.1, -0.05) is 37.8 Å². The van der Waals surface area contributed by atoms with E-state index in [1.165, 1.54) is 6.07 Å². The summed E-state index contributed by atoms with van der Waals surface area (Å²) in [5, 5.41) is 2.87. The van der Waals surface area contributed by atoms with Crippen molar-refractivity contribution in [3.8, 4) is 11.3 Å². The zero-order valence-corrected chi connectivity index (χ0v) is 21.1. The summed E-state index contributed by atoms with van der Waals surface area (Å²) >= 11 is 0. The van der Waals surface area contributed by atoms with E-state index in [1.54, 1.807) is 51.2 Å². The van der Waals surface area contributed by atoms with Crippen molar-refractivity contribution in [1.29, 1.82) is 0 Å². The van der Waals surface area contributed by atoms with Crippen LogP contribution in [-0.2, 0) is 16.2 Å². The van der Waals surface area contributed by atoms with Gasteiger partial charge in [-0.25, -0.2) is 14.2 Å². The number of hydrogen-bond donors (Lipinski definition) is 1. The van der Waals surface area contributed by atoms with Crippen LogP contribution in [0.5, 0.6) is 0 Å². The van der Waals surface area contributed by atoms with E-state index in [0.717, 1.165) is 6.04 Å². The molecule has 0 radical (unpaired) electrons. The molecule has 0 fully saturated rings. The molecular weight excluding hydrogens is 425 g/mol. The van der Waals surface area contributed by atoms with Gasteiger partial charge in [0.25, 0.3) is 0 Å². The number of halogens is 1. The number of nitrogens with one attached hydrogen (secondary N) is 1. The number of rotatable bonds is 10. The van der Waals surface area contributed by atoms with Crippen LogP contribution in [0.2, 0.25) is 25.7 Å². The van der Waals surface area contributed by atoms with Gasteiger partial charge in [-0.15, -0.1) is 6.58 Å². The second-order valence-corrected chi connectivity index (χ2v) is 15.6. The average molecular weight is 462 g/mol. The molecule has 1 amide bonds. The van der Waals surface area contributed by atoms with Gasteiger partial charge in [0.05, 0.1) is 17.9 Å². The number of aromatic nitrogens is 2. The molecule has 0 unspecified atom stereocenters. The summed E-state index contributed by atoms with van der Waals surface area (Å²) in [5.74, 6) is 0.213. The largest absolute Gasteiger partial charge is 0.444 e. The third kappa shape index (κ3) is 7.91. The first-order valence-corrected chi connectivity index (χ1v) is 14.6. The quantitative estimate of drug-likeness (QED) is 0.262. The molecule has 0 bridgehead atoms. The van der Waals surface area contributed by atoms with E-state index in [2.05, 4.69) is 36.5 Å². The SMILES string of the molecule is C=CC[C@H](NC(=O)OC(C)(C)C)c1ncc(-c2ccccc2F)n1COCC[Si](C)(C)C. The lowest BCUT2D eigenvalue weighted by Gasteiger charge is -2.24. The molecule has 0 aliphatic carbocycles. The summed E-state index contributed by atoms with van der Waals surface area (Å²) in [6.45, 7) is 16.9. The summed E-state index contributed by atoms with van der Waals surface area (Å²) in [4.78, 5) is 17.0. The molecule has 0 aliphatic heterocycles. The lowest BCUT2D eigenvalue weighted by Crippen LogP contribution is -2.36. The van der Waals surface area contributed by atoms with Gasteiger partial charge in [0.15, 0.2) is 0 Å². The molecular formula is C24H36FN3O3Si. The monoisotopic (exact) mass is 461 g/mol. The molecule has 1 atom stereocenters. The third-order valence-electron chi connectivity index (χ3n) is 4.66. The Bertz CT molecular complexity index is 916. The van der Waals surface area contributed by atoms with Crippen LogP contribution in [0.25, 0.3) is 11.3 Å². The van der Waals surface area contributed by atoms with Crippen molar-refractivity contribution < 1.29 is 18.7 Å². The maximum absolute atomic E-state index is 14.6. The molecule has 1 N–H and O–H groups in total. The molecule has 8 heteroatoms. The fourth-order valence-electron chi connectivity index (χ4n) is 3.07. The Hall–Kier alpha value is -2.45. The first kappa shape index (κ1) is 25.8. The highest BCUT2D eigenvalue weighted by molar-refractivity contribution is 6.76. The van der Waals surface area contributed by atoms with E-state index in [-0.39, 0.29) is 12.5 Å². The van der Waals surface area contributed by atoms with E-state index >= 15 is 0 Å². The summed E-state index contributed by atoms with van der Waals surface area (Å²) in [6, 6.07) is 7.07. The molecule has 176 valence electrons. The van der Waals surface area contributed by atoms with Gasteiger partial charge in [-0.2, -0.15) is 0 Å². The molecule has 0 aliphatic rings. The molecule has 0 saturated heterocycles. The number of carbonyl (C=O) groups excluding carboxylic acids is 1. The number of nitrogens with zero attached hydrogens (tertiary/aromatic N) is 2. The van der Waals surface area contributed by atoms with Crippen LogP contribution in [-0.4, -0.2) is 35.9 Å². The Labute approximate surface area is 191 Å². The molecule has 1 aromatic carbocycles. The Kier molecular flexibility index (Phi) is 8.80. The van der Waals surface area contributed by atoms with Crippen molar-refractivity contribution in [2.45, 2.75) is 71.3 Å². The summed E-state index contributed by atoms with van der Waals surface area (Å²) in [6.07, 6.45) is 3.20. The summed E-state index contributed by atoms with van der Waals surface area (Å²) in [5.41, 5.74) is 0.386. The van der Waals surface area contributed by atoms with Gasteiger partial charge in [0.1, 0.15) is 24.0 Å². The first-order valence-electron chi connectivity index (χ1n) is 10.9. The molecule has 0 saturated carbocycles. The summed E-state index contributed by atoms with van der Waals surface area (Å²) < 4.78 is 27.8. The van der Waals surface area contributed by atoms with Gasteiger partial charge in [-0.05, 0) is 45.4 Å². The number of imidazole rings is 1. The lowest BCUT2D eigenvalue weighted by molar-refractivity contribution is 0.0492. The van der Waals surface area contributed by atoms with Crippen molar-refractivity contribution in [1.82, 2.24) is 14.9 Å². The second kappa shape index (κ2) is 10.9. The zero-order valence-electron chi connectivity index (χ0n) is 20.1. The molecule has 2 aromatic rings. The fraction of sp³-hybridized carbons (Fsp3) is 0.500. The minimum atomic E-state index is -1.26. The van der Waals surface area contributed by atoms with Gasteiger partial charge in [-0.3, -0.25) is 0 Å². The highest BCUT2D eigenvalue weighted by atomic mass is 28.3. The minimum absolute atomic E-state index is 0.202. The average Bonchev–Trinajstić information content (AvgIpc) is 3.06. The van der Waals surface area contributed by atoms with Crippen molar-refractivity contribution in [2.24, 2.45) is 0 Å². The standard InChI is InChI=1S/C24H36FN3O3Si/c1-8-11-20(27-23(29)31-24(2,3)4)22-26-16-21(18-12-9-10-13-19(18)25)28(22)17-30-14-15-32(5,6)7/h8-10,12-13,16,20H,1,11,14-15,17H2,2-7H3,(H,27,29)/t20-/m0/s1. The number of amides is 1. The van der Waals surface area contributed by atoms with E-state index in [1.807, 2.05) is 4.57 Å². The fourth-order valence-corrected chi connectivity index (χ4v) is 3.82. The van der Waals surface area contributed by atoms with E-state index in [9.17, 15) is 9.18 Å². The molecule has 0 spiro atoms. The van der Waals surface area contributed by atoms with Gasteiger partial charge >= 0.3 is 6.09 Å². The molecule has 32 heavy (non-hydrogen) atoms. The topological polar surface area (TPSA) is 65.4 Å². The van der Waals surface area contributed by atoms with Crippen LogP contribution in [0.15, 0.2) is 43.1 Å². The Morgan fingerprint density at radius 2 is 2.00 bits per heavy atom. The maximum Gasteiger partial charge on any atom is 0.408 e. The number of carbonyl (C=O) groups is 1. The van der Waals surface area contributed by atoms with Crippen molar-refractivity contribution in [2.75, 3.05) is 6.61 Å². The smallest absolute Gasteiger partial charge is 0.408 e. The third-order valence-corrected chi connectivity index (χ3v) is 6.36. The van der Waals surface area contributed by atoms with E-state index < -0.39 is 25.8 Å².